The Morgan fingerprint density at radius 1 is 0.593 bits per heavy atom. The maximum atomic E-state index is 12.6. The molecule has 1 unspecified atom stereocenters. The zero-order valence-electron chi connectivity index (χ0n) is 33.8. The molecule has 4 N–H and O–H groups in total. The number of esters is 2. The number of ether oxygens (including phenoxy) is 2. The number of carbonyl (C=O) groups excluding carboxylic acids is 2. The van der Waals surface area contributed by atoms with E-state index < -0.39 is 51.1 Å². The minimum absolute atomic E-state index is 0.160. The summed E-state index contributed by atoms with van der Waals surface area (Å²) in [5.74, 6) is -2.40. The number of phosphoric acid groups is 1. The van der Waals surface area contributed by atoms with Crippen LogP contribution >= 0.6 is 7.82 Å². The molecule has 314 valence electrons. The summed E-state index contributed by atoms with van der Waals surface area (Å²) >= 11 is 0. The largest absolute Gasteiger partial charge is 0.480 e. The normalized spacial score (nSPS) is 14.1. The molecule has 0 spiro atoms. The van der Waals surface area contributed by atoms with Crippen LogP contribution in [0.4, 0.5) is 0 Å². The van der Waals surface area contributed by atoms with E-state index in [1.807, 2.05) is 0 Å². The van der Waals surface area contributed by atoms with Gasteiger partial charge in [0.25, 0.3) is 0 Å². The fourth-order valence-electron chi connectivity index (χ4n) is 5.61. The minimum Gasteiger partial charge on any atom is -0.480 e. The van der Waals surface area contributed by atoms with E-state index in [0.717, 1.165) is 70.6 Å². The van der Waals surface area contributed by atoms with Gasteiger partial charge in [-0.1, -0.05) is 159 Å². The number of aliphatic carboxylic acids is 1. The van der Waals surface area contributed by atoms with E-state index in [-0.39, 0.29) is 19.4 Å². The smallest absolute Gasteiger partial charge is 0.472 e. The van der Waals surface area contributed by atoms with Gasteiger partial charge in [0.2, 0.25) is 0 Å². The lowest BCUT2D eigenvalue weighted by Crippen LogP contribution is -2.34. The van der Waals surface area contributed by atoms with E-state index >= 15 is 0 Å². The summed E-state index contributed by atoms with van der Waals surface area (Å²) in [6.45, 7) is 2.68. The van der Waals surface area contributed by atoms with Crippen LogP contribution in [0.1, 0.15) is 181 Å². The molecule has 0 bridgehead atoms. The van der Waals surface area contributed by atoms with E-state index in [1.165, 1.54) is 70.6 Å². The maximum Gasteiger partial charge on any atom is 0.472 e. The van der Waals surface area contributed by atoms with Crippen molar-refractivity contribution in [2.45, 2.75) is 193 Å². The molecule has 0 saturated carbocycles. The minimum atomic E-state index is -4.72. The van der Waals surface area contributed by atoms with Crippen molar-refractivity contribution < 1.29 is 47.5 Å². The second-order valence-electron chi connectivity index (χ2n) is 14.1. The van der Waals surface area contributed by atoms with Gasteiger partial charge in [-0.05, 0) is 44.9 Å². The Morgan fingerprint density at radius 3 is 1.56 bits per heavy atom. The number of phosphoric ester groups is 1. The number of carboxylic acid groups (broad SMARTS) is 1. The average molecular weight is 786 g/mol. The zero-order chi connectivity index (χ0) is 40.0. The first-order chi connectivity index (χ1) is 26.1. The van der Waals surface area contributed by atoms with Gasteiger partial charge in [-0.25, -0.2) is 4.57 Å². The van der Waals surface area contributed by atoms with Crippen molar-refractivity contribution in [1.82, 2.24) is 0 Å². The van der Waals surface area contributed by atoms with Gasteiger partial charge in [0.05, 0.1) is 13.2 Å². The SMILES string of the molecule is CC/C=C\C/C=C\C/C=C\CCCCCCCC(=O)OC[C@H](COP(=O)(O)OC[C@H](N)C(=O)O)OC(=O)CCCCCCCCCCCCCCCCC. The van der Waals surface area contributed by atoms with Gasteiger partial charge in [-0.3, -0.25) is 23.4 Å². The van der Waals surface area contributed by atoms with Crippen molar-refractivity contribution in [2.24, 2.45) is 5.73 Å². The van der Waals surface area contributed by atoms with E-state index in [0.29, 0.717) is 12.8 Å². The van der Waals surface area contributed by atoms with Crippen molar-refractivity contribution in [3.63, 3.8) is 0 Å². The molecule has 0 radical (unpaired) electrons. The summed E-state index contributed by atoms with van der Waals surface area (Å²) in [4.78, 5) is 45.9. The van der Waals surface area contributed by atoms with Crippen molar-refractivity contribution in [3.05, 3.63) is 36.5 Å². The highest BCUT2D eigenvalue weighted by Crippen LogP contribution is 2.43. The molecule has 0 heterocycles. The third-order valence-electron chi connectivity index (χ3n) is 8.90. The molecule has 0 aliphatic heterocycles. The molecule has 0 aromatic carbocycles. The highest BCUT2D eigenvalue weighted by atomic mass is 31.2. The molecule has 3 atom stereocenters. The van der Waals surface area contributed by atoms with Crippen LogP contribution in [0, 0.1) is 0 Å². The van der Waals surface area contributed by atoms with Crippen molar-refractivity contribution in [2.75, 3.05) is 19.8 Å². The summed E-state index contributed by atoms with van der Waals surface area (Å²) in [5, 5.41) is 8.88. The fraction of sp³-hybridized carbons (Fsp3) is 0.786. The third-order valence-corrected chi connectivity index (χ3v) is 9.85. The molecular formula is C42H76NO10P. The van der Waals surface area contributed by atoms with Gasteiger partial charge >= 0.3 is 25.7 Å². The van der Waals surface area contributed by atoms with E-state index in [4.69, 9.17) is 24.8 Å². The molecule has 54 heavy (non-hydrogen) atoms. The molecular weight excluding hydrogens is 709 g/mol. The van der Waals surface area contributed by atoms with Crippen molar-refractivity contribution >= 4 is 25.7 Å². The van der Waals surface area contributed by atoms with Crippen molar-refractivity contribution in [1.29, 1.82) is 0 Å². The van der Waals surface area contributed by atoms with Gasteiger partial charge in [0.15, 0.2) is 6.10 Å². The number of rotatable bonds is 39. The molecule has 12 heteroatoms. The van der Waals surface area contributed by atoms with Crippen LogP contribution in [0.25, 0.3) is 0 Å². The fourth-order valence-corrected chi connectivity index (χ4v) is 6.39. The Balaban J connectivity index is 4.40. The van der Waals surface area contributed by atoms with Crippen LogP contribution in [-0.4, -0.2) is 59.9 Å². The topological polar surface area (TPSA) is 172 Å². The van der Waals surface area contributed by atoms with Crippen LogP contribution in [0.15, 0.2) is 36.5 Å². The number of nitrogens with two attached hydrogens (primary N) is 1. The second-order valence-corrected chi connectivity index (χ2v) is 15.6. The Kier molecular flexibility index (Phi) is 36.0. The summed E-state index contributed by atoms with van der Waals surface area (Å²) in [5.41, 5.74) is 5.33. The van der Waals surface area contributed by atoms with Gasteiger partial charge in [-0.15, -0.1) is 0 Å². The number of hydrogen-bond donors (Lipinski definition) is 3. The van der Waals surface area contributed by atoms with Gasteiger partial charge in [0, 0.05) is 12.8 Å². The molecule has 0 aromatic heterocycles. The van der Waals surface area contributed by atoms with Gasteiger partial charge < -0.3 is 25.2 Å². The average Bonchev–Trinajstić information content (AvgIpc) is 3.14. The second kappa shape index (κ2) is 37.6. The Morgan fingerprint density at radius 2 is 1.04 bits per heavy atom. The van der Waals surface area contributed by atoms with Crippen LogP contribution in [0.3, 0.4) is 0 Å². The van der Waals surface area contributed by atoms with Crippen molar-refractivity contribution in [3.8, 4) is 0 Å². The van der Waals surface area contributed by atoms with Crippen LogP contribution in [0.2, 0.25) is 0 Å². The number of unbranched alkanes of at least 4 members (excludes halogenated alkanes) is 19. The lowest BCUT2D eigenvalue weighted by atomic mass is 10.0. The van der Waals surface area contributed by atoms with E-state index in [2.05, 4.69) is 54.8 Å². The summed E-state index contributed by atoms with van der Waals surface area (Å²) in [7, 11) is -4.72. The Bertz CT molecular complexity index is 1060. The first-order valence-electron chi connectivity index (χ1n) is 21.0. The lowest BCUT2D eigenvalue weighted by molar-refractivity contribution is -0.161. The molecule has 11 nitrogen and oxygen atoms in total. The van der Waals surface area contributed by atoms with Crippen LogP contribution in [0.5, 0.6) is 0 Å². The van der Waals surface area contributed by atoms with Gasteiger partial charge in [0.1, 0.15) is 12.6 Å². The molecule has 0 saturated heterocycles. The van der Waals surface area contributed by atoms with E-state index in [9.17, 15) is 23.8 Å². The summed E-state index contributed by atoms with van der Waals surface area (Å²) in [6, 6.07) is -1.52. The summed E-state index contributed by atoms with van der Waals surface area (Å²) < 4.78 is 32.6. The summed E-state index contributed by atoms with van der Waals surface area (Å²) in [6.07, 6.45) is 39.2. The predicted octanol–water partition coefficient (Wildman–Crippen LogP) is 10.8. The zero-order valence-corrected chi connectivity index (χ0v) is 34.7. The molecule has 0 rings (SSSR count). The molecule has 0 aliphatic rings. The third kappa shape index (κ3) is 36.7. The predicted molar refractivity (Wildman–Crippen MR) is 217 cm³/mol. The van der Waals surface area contributed by atoms with Crippen LogP contribution < -0.4 is 5.73 Å². The monoisotopic (exact) mass is 786 g/mol. The number of carbonyl (C=O) groups is 3. The van der Waals surface area contributed by atoms with E-state index in [1.54, 1.807) is 0 Å². The number of allylic oxidation sites excluding steroid dienone is 6. The highest BCUT2D eigenvalue weighted by Gasteiger charge is 2.28. The molecule has 0 aromatic rings. The number of carboxylic acids is 1. The standard InChI is InChI=1S/C42H76NO10P/c1-3-5-7-9-11-13-15-17-19-21-23-25-27-29-31-33-40(44)50-35-38(36-51-54(48,49)52-37-39(43)42(46)47)53-41(45)34-32-30-28-26-24-22-20-18-16-14-12-10-8-6-4-2/h5,7,11,13,17,19,38-39H,3-4,6,8-10,12,14-16,18,20-37,43H2,1-2H3,(H,46,47)(H,48,49)/b7-5-,13-11-,19-17-/t38-,39+/m1/s1. The highest BCUT2D eigenvalue weighted by molar-refractivity contribution is 7.47. The van der Waals surface area contributed by atoms with Crippen LogP contribution in [-0.2, 0) is 37.5 Å². The number of hydrogen-bond acceptors (Lipinski definition) is 9. The molecule has 0 aliphatic carbocycles. The Labute approximate surface area is 327 Å². The Hall–Kier alpha value is -2.30. The lowest BCUT2D eigenvalue weighted by Gasteiger charge is -2.20. The quantitative estimate of drug-likeness (QED) is 0.0234. The first kappa shape index (κ1) is 51.7. The maximum absolute atomic E-state index is 12.6. The van der Waals surface area contributed by atoms with Gasteiger partial charge in [-0.2, -0.15) is 0 Å². The molecule has 0 amide bonds. The first-order valence-corrected chi connectivity index (χ1v) is 22.5. The molecule has 0 fully saturated rings.